The number of ether oxygens (including phenoxy) is 3. The summed E-state index contributed by atoms with van der Waals surface area (Å²) < 4.78 is 13.5. The molecule has 0 aliphatic carbocycles. The predicted octanol–water partition coefficient (Wildman–Crippen LogP) is -2.23. The molecule has 0 bridgehead atoms. The lowest BCUT2D eigenvalue weighted by atomic mass is 10.4. The molecule has 0 aromatic carbocycles. The number of hydrogen-bond donors (Lipinski definition) is 3. The zero-order valence-corrected chi connectivity index (χ0v) is 12.5. The van der Waals surface area contributed by atoms with Crippen LogP contribution in [0.4, 0.5) is 0 Å². The van der Waals surface area contributed by atoms with E-state index in [-0.39, 0.29) is 19.7 Å². The summed E-state index contributed by atoms with van der Waals surface area (Å²) in [7, 11) is 1.53. The first-order valence-corrected chi connectivity index (χ1v) is 6.40. The third kappa shape index (κ3) is 12.9. The highest BCUT2D eigenvalue weighted by atomic mass is 16.6. The van der Waals surface area contributed by atoms with Gasteiger partial charge in [-0.15, -0.1) is 0 Å². The van der Waals surface area contributed by atoms with Gasteiger partial charge in [-0.25, -0.2) is 0 Å². The van der Waals surface area contributed by atoms with Gasteiger partial charge in [0.1, 0.15) is 19.6 Å². The third-order valence-electron chi connectivity index (χ3n) is 2.08. The van der Waals surface area contributed by atoms with Crippen LogP contribution < -0.4 is 10.6 Å². The first-order valence-electron chi connectivity index (χ1n) is 6.40. The van der Waals surface area contributed by atoms with E-state index in [9.17, 15) is 24.0 Å². The monoisotopic (exact) mass is 334 g/mol. The van der Waals surface area contributed by atoms with Gasteiger partial charge >= 0.3 is 17.9 Å². The van der Waals surface area contributed by atoms with Crippen LogP contribution in [0.3, 0.4) is 0 Å². The molecular weight excluding hydrogens is 316 g/mol. The van der Waals surface area contributed by atoms with Crippen LogP contribution in [0, 0.1) is 0 Å². The highest BCUT2D eigenvalue weighted by Crippen LogP contribution is 2.00. The summed E-state index contributed by atoms with van der Waals surface area (Å²) in [5.74, 6) is -3.25. The Morgan fingerprint density at radius 3 is 2.17 bits per heavy atom. The van der Waals surface area contributed by atoms with E-state index in [0.717, 1.165) is 0 Å². The molecular formula is C12H18N2O9. The number of esters is 2. The van der Waals surface area contributed by atoms with E-state index in [2.05, 4.69) is 15.4 Å². The summed E-state index contributed by atoms with van der Waals surface area (Å²) in [6.45, 7) is 0.504. The minimum Gasteiger partial charge on any atom is -0.481 e. The average molecular weight is 334 g/mol. The smallest absolute Gasteiger partial charge is 0.324 e. The normalized spacial score (nSPS) is 12.2. The lowest BCUT2D eigenvalue weighted by Crippen LogP contribution is -2.38. The predicted molar refractivity (Wildman–Crippen MR) is 71.8 cm³/mol. The second-order valence-electron chi connectivity index (χ2n) is 4.02. The largest absolute Gasteiger partial charge is 0.481 e. The van der Waals surface area contributed by atoms with Crippen molar-refractivity contribution in [2.24, 2.45) is 0 Å². The molecule has 0 saturated carbocycles. The van der Waals surface area contributed by atoms with Crippen molar-refractivity contribution < 1.29 is 43.3 Å². The number of cyclic esters (lactones) is 2. The van der Waals surface area contributed by atoms with E-state index < -0.39 is 36.1 Å². The topological polar surface area (TPSA) is 157 Å². The number of hydrogen-bond acceptors (Lipinski definition) is 8. The first kappa shape index (κ1) is 20.5. The molecule has 0 atom stereocenters. The van der Waals surface area contributed by atoms with Crippen molar-refractivity contribution in [1.29, 1.82) is 0 Å². The Morgan fingerprint density at radius 2 is 1.74 bits per heavy atom. The molecule has 1 saturated heterocycles. The SMILES string of the molecule is COCCOCNC(=O)CNC(=O)CC(=O)O.O=C1CC(=O)O1. The molecule has 1 fully saturated rings. The summed E-state index contributed by atoms with van der Waals surface area (Å²) in [5, 5.41) is 12.8. The van der Waals surface area contributed by atoms with Crippen molar-refractivity contribution >= 4 is 29.7 Å². The quantitative estimate of drug-likeness (QED) is 0.184. The number of rotatable bonds is 9. The maximum Gasteiger partial charge on any atom is 0.324 e. The van der Waals surface area contributed by atoms with Crippen molar-refractivity contribution in [2.45, 2.75) is 12.8 Å². The summed E-state index contributed by atoms with van der Waals surface area (Å²) in [6.07, 6.45) is -0.683. The molecule has 0 spiro atoms. The number of carboxylic acids is 1. The Hall–Kier alpha value is -2.53. The van der Waals surface area contributed by atoms with Crippen LogP contribution in [0.1, 0.15) is 12.8 Å². The molecule has 1 aliphatic heterocycles. The molecule has 0 unspecified atom stereocenters. The minimum atomic E-state index is -1.24. The van der Waals surface area contributed by atoms with Gasteiger partial charge in [0.05, 0.1) is 19.8 Å². The first-order chi connectivity index (χ1) is 10.8. The van der Waals surface area contributed by atoms with Gasteiger partial charge in [-0.1, -0.05) is 0 Å². The molecule has 0 aromatic heterocycles. The number of aliphatic carboxylic acids is 1. The summed E-state index contributed by atoms with van der Waals surface area (Å²) in [6, 6.07) is 0. The van der Waals surface area contributed by atoms with Gasteiger partial charge in [0.2, 0.25) is 11.8 Å². The standard InChI is InChI=1S/C9H16N2O6.C3H2O3/c1-16-2-3-17-6-11-8(13)5-10-7(12)4-9(14)15;4-2-1-3(5)6-2/h2-6H2,1H3,(H,10,12)(H,11,13)(H,14,15);1H2. The van der Waals surface area contributed by atoms with E-state index in [1.54, 1.807) is 0 Å². The van der Waals surface area contributed by atoms with Crippen LogP contribution in [0.5, 0.6) is 0 Å². The summed E-state index contributed by atoms with van der Waals surface area (Å²) in [5.41, 5.74) is 0. The third-order valence-corrected chi connectivity index (χ3v) is 2.08. The zero-order chi connectivity index (χ0) is 17.7. The van der Waals surface area contributed by atoms with Crippen LogP contribution >= 0.6 is 0 Å². The Balaban J connectivity index is 0.000000664. The van der Waals surface area contributed by atoms with Crippen LogP contribution in [-0.2, 0) is 38.2 Å². The van der Waals surface area contributed by atoms with Gasteiger partial charge in [0.25, 0.3) is 0 Å². The molecule has 23 heavy (non-hydrogen) atoms. The van der Waals surface area contributed by atoms with Crippen LogP contribution in [-0.4, -0.2) is 68.4 Å². The summed E-state index contributed by atoms with van der Waals surface area (Å²) >= 11 is 0. The molecule has 130 valence electrons. The number of methoxy groups -OCH3 is 1. The van der Waals surface area contributed by atoms with E-state index in [1.807, 2.05) is 0 Å². The van der Waals surface area contributed by atoms with Crippen LogP contribution in [0.25, 0.3) is 0 Å². The van der Waals surface area contributed by atoms with Gasteiger partial charge in [-0.3, -0.25) is 24.0 Å². The van der Waals surface area contributed by atoms with E-state index >= 15 is 0 Å². The lowest BCUT2D eigenvalue weighted by molar-refractivity contribution is -0.174. The number of amides is 2. The Kier molecular flexibility index (Phi) is 10.7. The molecule has 1 heterocycles. The van der Waals surface area contributed by atoms with E-state index in [4.69, 9.17) is 14.6 Å². The number of carbonyl (C=O) groups is 5. The van der Waals surface area contributed by atoms with Crippen molar-refractivity contribution in [3.05, 3.63) is 0 Å². The molecule has 3 N–H and O–H groups in total. The maximum atomic E-state index is 11.1. The minimum absolute atomic E-state index is 0.0109. The van der Waals surface area contributed by atoms with Gasteiger partial charge in [0, 0.05) is 7.11 Å². The van der Waals surface area contributed by atoms with Crippen molar-refractivity contribution in [2.75, 3.05) is 33.6 Å². The number of carboxylic acid groups (broad SMARTS) is 1. The van der Waals surface area contributed by atoms with Crippen molar-refractivity contribution in [3.8, 4) is 0 Å². The summed E-state index contributed by atoms with van der Waals surface area (Å²) in [4.78, 5) is 51.4. The lowest BCUT2D eigenvalue weighted by Gasteiger charge is -2.06. The molecule has 11 heteroatoms. The maximum absolute atomic E-state index is 11.1. The molecule has 11 nitrogen and oxygen atoms in total. The second-order valence-corrected chi connectivity index (χ2v) is 4.02. The number of nitrogens with one attached hydrogen (secondary N) is 2. The van der Waals surface area contributed by atoms with Gasteiger partial charge in [-0.2, -0.15) is 0 Å². The molecule has 0 radical (unpaired) electrons. The van der Waals surface area contributed by atoms with Gasteiger partial charge in [0.15, 0.2) is 0 Å². The van der Waals surface area contributed by atoms with Crippen LogP contribution in [0.2, 0.25) is 0 Å². The molecule has 0 aromatic rings. The second kappa shape index (κ2) is 12.1. The Bertz CT molecular complexity index is 428. The molecule has 2 amide bonds. The Morgan fingerprint density at radius 1 is 1.13 bits per heavy atom. The van der Waals surface area contributed by atoms with E-state index in [0.29, 0.717) is 13.2 Å². The van der Waals surface area contributed by atoms with Gasteiger partial charge < -0.3 is 30.0 Å². The highest BCUT2D eigenvalue weighted by Gasteiger charge is 2.24. The number of carbonyl (C=O) groups excluding carboxylic acids is 4. The molecule has 1 aliphatic rings. The van der Waals surface area contributed by atoms with Gasteiger partial charge in [-0.05, 0) is 0 Å². The Labute approximate surface area is 131 Å². The molecule has 1 rings (SSSR count). The average Bonchev–Trinajstić information content (AvgIpc) is 2.44. The van der Waals surface area contributed by atoms with Crippen molar-refractivity contribution in [1.82, 2.24) is 10.6 Å². The van der Waals surface area contributed by atoms with Crippen molar-refractivity contribution in [3.63, 3.8) is 0 Å². The highest BCUT2D eigenvalue weighted by molar-refractivity contribution is 6.06. The fourth-order valence-corrected chi connectivity index (χ4v) is 1.02. The van der Waals surface area contributed by atoms with Crippen LogP contribution in [0.15, 0.2) is 0 Å². The van der Waals surface area contributed by atoms with E-state index in [1.165, 1.54) is 7.11 Å². The zero-order valence-electron chi connectivity index (χ0n) is 12.5. The fraction of sp³-hybridized carbons (Fsp3) is 0.583. The fourth-order valence-electron chi connectivity index (χ4n) is 1.02.